The van der Waals surface area contributed by atoms with Crippen LogP contribution in [-0.2, 0) is 14.4 Å². The Morgan fingerprint density at radius 3 is 1.15 bits per heavy atom. The van der Waals surface area contributed by atoms with Gasteiger partial charge in [-0.1, -0.05) is 58.8 Å². The van der Waals surface area contributed by atoms with Crippen molar-refractivity contribution in [2.24, 2.45) is 17.8 Å². The van der Waals surface area contributed by atoms with Gasteiger partial charge in [-0.15, -0.1) is 0 Å². The Hall–Kier alpha value is -1.59. The first-order valence-electron chi connectivity index (χ1n) is 10.5. The Labute approximate surface area is 163 Å². The van der Waals surface area contributed by atoms with Gasteiger partial charge in [0.15, 0.2) is 0 Å². The highest BCUT2D eigenvalue weighted by Crippen LogP contribution is 2.25. The van der Waals surface area contributed by atoms with Crippen molar-refractivity contribution in [1.29, 1.82) is 0 Å². The normalized spacial score (nSPS) is 14.4. The number of rotatable bonds is 18. The van der Waals surface area contributed by atoms with E-state index < -0.39 is 35.7 Å². The average Bonchev–Trinajstić information content (AvgIpc) is 2.60. The number of hydrogen-bond donors (Lipinski definition) is 3. The maximum Gasteiger partial charge on any atom is 0.306 e. The van der Waals surface area contributed by atoms with Crippen LogP contribution in [0.4, 0.5) is 0 Å². The molecule has 27 heavy (non-hydrogen) atoms. The maximum absolute atomic E-state index is 11.5. The summed E-state index contributed by atoms with van der Waals surface area (Å²) in [7, 11) is 0. The Morgan fingerprint density at radius 2 is 0.815 bits per heavy atom. The van der Waals surface area contributed by atoms with Crippen LogP contribution in [0.25, 0.3) is 0 Å². The third-order valence-corrected chi connectivity index (χ3v) is 5.34. The molecule has 3 atom stereocenters. The molecule has 0 saturated heterocycles. The van der Waals surface area contributed by atoms with Crippen LogP contribution >= 0.6 is 0 Å². The van der Waals surface area contributed by atoms with Gasteiger partial charge in [0, 0.05) is 0 Å². The van der Waals surface area contributed by atoms with Crippen molar-refractivity contribution in [3.8, 4) is 0 Å². The van der Waals surface area contributed by atoms with E-state index in [1.165, 1.54) is 0 Å². The van der Waals surface area contributed by atoms with Gasteiger partial charge in [-0.25, -0.2) is 0 Å². The van der Waals surface area contributed by atoms with Gasteiger partial charge in [-0.3, -0.25) is 14.4 Å². The third kappa shape index (κ3) is 12.4. The second-order valence-electron chi connectivity index (χ2n) is 7.61. The van der Waals surface area contributed by atoms with E-state index >= 15 is 0 Å². The standard InChI is InChI=1S/C21H38O6/c1-3-5-7-9-11-17(20(24)25)13-15-18(21(26)27)14-12-16(19(22)23)10-8-6-4-2/h16-18H,3-15H2,1-2H3,(H,22,23)(H,24,25)(H,26,27). The molecule has 0 heterocycles. The molecule has 0 spiro atoms. The summed E-state index contributed by atoms with van der Waals surface area (Å²) in [5, 5.41) is 28.1. The van der Waals surface area contributed by atoms with E-state index in [2.05, 4.69) is 13.8 Å². The average molecular weight is 387 g/mol. The molecule has 0 saturated carbocycles. The molecule has 0 radical (unpaired) electrons. The monoisotopic (exact) mass is 386 g/mol. The maximum atomic E-state index is 11.5. The second kappa shape index (κ2) is 15.5. The van der Waals surface area contributed by atoms with Crippen molar-refractivity contribution in [3.63, 3.8) is 0 Å². The van der Waals surface area contributed by atoms with Crippen LogP contribution in [0.5, 0.6) is 0 Å². The number of unbranched alkanes of at least 4 members (excludes halogenated alkanes) is 5. The SMILES string of the molecule is CCCCCCC(CCC(CCC(CCCCC)C(=O)O)C(=O)O)C(=O)O. The first-order chi connectivity index (χ1) is 12.8. The number of aliphatic carboxylic acids is 3. The largest absolute Gasteiger partial charge is 0.481 e. The molecule has 0 rings (SSSR count). The van der Waals surface area contributed by atoms with E-state index in [-0.39, 0.29) is 0 Å². The lowest BCUT2D eigenvalue weighted by Gasteiger charge is -2.18. The van der Waals surface area contributed by atoms with Gasteiger partial charge in [-0.2, -0.15) is 0 Å². The quantitative estimate of drug-likeness (QED) is 0.279. The van der Waals surface area contributed by atoms with Crippen LogP contribution in [0.1, 0.15) is 97.3 Å². The summed E-state index contributed by atoms with van der Waals surface area (Å²) in [6.07, 6.45) is 9.26. The Balaban J connectivity index is 4.52. The summed E-state index contributed by atoms with van der Waals surface area (Å²) in [5.41, 5.74) is 0. The predicted octanol–water partition coefficient (Wildman–Crippen LogP) is 5.20. The molecule has 0 aromatic heterocycles. The predicted molar refractivity (Wildman–Crippen MR) is 105 cm³/mol. The van der Waals surface area contributed by atoms with Crippen molar-refractivity contribution in [2.45, 2.75) is 97.3 Å². The number of carboxylic acid groups (broad SMARTS) is 3. The summed E-state index contributed by atoms with van der Waals surface area (Å²) < 4.78 is 0. The van der Waals surface area contributed by atoms with E-state index in [0.29, 0.717) is 38.5 Å². The molecule has 3 N–H and O–H groups in total. The van der Waals surface area contributed by atoms with E-state index in [9.17, 15) is 29.7 Å². The molecule has 0 aliphatic rings. The highest BCUT2D eigenvalue weighted by atomic mass is 16.4. The fraction of sp³-hybridized carbons (Fsp3) is 0.857. The molecule has 0 aliphatic carbocycles. The van der Waals surface area contributed by atoms with E-state index in [1.807, 2.05) is 0 Å². The molecule has 0 fully saturated rings. The topological polar surface area (TPSA) is 112 Å². The molecule has 6 nitrogen and oxygen atoms in total. The number of hydrogen-bond acceptors (Lipinski definition) is 3. The lowest BCUT2D eigenvalue weighted by Crippen LogP contribution is -2.21. The summed E-state index contributed by atoms with van der Waals surface area (Å²) in [6, 6.07) is 0. The highest BCUT2D eigenvalue weighted by Gasteiger charge is 2.25. The molecular formula is C21H38O6. The fourth-order valence-corrected chi connectivity index (χ4v) is 3.44. The third-order valence-electron chi connectivity index (χ3n) is 5.34. The van der Waals surface area contributed by atoms with Crippen molar-refractivity contribution >= 4 is 17.9 Å². The summed E-state index contributed by atoms with van der Waals surface area (Å²) in [5.74, 6) is -4.38. The van der Waals surface area contributed by atoms with Crippen molar-refractivity contribution in [2.75, 3.05) is 0 Å². The lowest BCUT2D eigenvalue weighted by molar-refractivity contribution is -0.146. The number of carbonyl (C=O) groups is 3. The first kappa shape index (κ1) is 25.4. The Morgan fingerprint density at radius 1 is 0.519 bits per heavy atom. The Bertz CT molecular complexity index is 434. The molecule has 0 aromatic rings. The van der Waals surface area contributed by atoms with Gasteiger partial charge < -0.3 is 15.3 Å². The van der Waals surface area contributed by atoms with Gasteiger partial charge in [0.2, 0.25) is 0 Å². The number of carboxylic acids is 3. The van der Waals surface area contributed by atoms with Crippen molar-refractivity contribution in [3.05, 3.63) is 0 Å². The van der Waals surface area contributed by atoms with Crippen molar-refractivity contribution < 1.29 is 29.7 Å². The van der Waals surface area contributed by atoms with Gasteiger partial charge in [0.05, 0.1) is 17.8 Å². The van der Waals surface area contributed by atoms with Gasteiger partial charge >= 0.3 is 17.9 Å². The zero-order chi connectivity index (χ0) is 20.7. The minimum atomic E-state index is -0.956. The molecule has 6 heteroatoms. The molecule has 0 aromatic carbocycles. The smallest absolute Gasteiger partial charge is 0.306 e. The molecule has 0 amide bonds. The molecule has 0 aliphatic heterocycles. The van der Waals surface area contributed by atoms with Crippen molar-refractivity contribution in [1.82, 2.24) is 0 Å². The Kier molecular flexibility index (Phi) is 14.6. The van der Waals surface area contributed by atoms with E-state index in [0.717, 1.165) is 44.9 Å². The molecule has 0 bridgehead atoms. The summed E-state index contributed by atoms with van der Waals surface area (Å²) in [6.45, 7) is 4.15. The van der Waals surface area contributed by atoms with Crippen LogP contribution in [0.3, 0.4) is 0 Å². The minimum absolute atomic E-state index is 0.292. The molecular weight excluding hydrogens is 348 g/mol. The van der Waals surface area contributed by atoms with Crippen LogP contribution < -0.4 is 0 Å². The van der Waals surface area contributed by atoms with Crippen LogP contribution in [0.2, 0.25) is 0 Å². The molecule has 158 valence electrons. The lowest BCUT2D eigenvalue weighted by atomic mass is 9.86. The van der Waals surface area contributed by atoms with E-state index in [1.54, 1.807) is 0 Å². The zero-order valence-corrected chi connectivity index (χ0v) is 17.0. The highest BCUT2D eigenvalue weighted by molar-refractivity contribution is 5.72. The van der Waals surface area contributed by atoms with Gasteiger partial charge in [0.25, 0.3) is 0 Å². The minimum Gasteiger partial charge on any atom is -0.481 e. The molecule has 3 unspecified atom stereocenters. The fourth-order valence-electron chi connectivity index (χ4n) is 3.44. The summed E-state index contributed by atoms with van der Waals surface area (Å²) >= 11 is 0. The van der Waals surface area contributed by atoms with Gasteiger partial charge in [0.1, 0.15) is 0 Å². The van der Waals surface area contributed by atoms with Crippen LogP contribution in [0.15, 0.2) is 0 Å². The first-order valence-corrected chi connectivity index (χ1v) is 10.5. The summed E-state index contributed by atoms with van der Waals surface area (Å²) in [4.78, 5) is 34.3. The van der Waals surface area contributed by atoms with E-state index in [4.69, 9.17) is 0 Å². The van der Waals surface area contributed by atoms with Crippen LogP contribution in [0, 0.1) is 17.8 Å². The zero-order valence-electron chi connectivity index (χ0n) is 17.0. The second-order valence-corrected chi connectivity index (χ2v) is 7.61. The van der Waals surface area contributed by atoms with Gasteiger partial charge in [-0.05, 0) is 38.5 Å². The van der Waals surface area contributed by atoms with Crippen LogP contribution in [-0.4, -0.2) is 33.2 Å².